The molecular weight excluding hydrogens is 144 g/mol. The largest absolute Gasteiger partial charge is 0.322 e. The highest BCUT2D eigenvalue weighted by Crippen LogP contribution is 2.20. The van der Waals surface area contributed by atoms with E-state index in [-0.39, 0.29) is 6.04 Å². The zero-order valence-corrected chi connectivity index (χ0v) is 7.33. The second-order valence-corrected chi connectivity index (χ2v) is 3.72. The van der Waals surface area contributed by atoms with Gasteiger partial charge in [0, 0.05) is 4.88 Å². The predicted molar refractivity (Wildman–Crippen MR) is 44.2 cm³/mol. The maximum Gasteiger partial charge on any atom is 0.110 e. The van der Waals surface area contributed by atoms with Crippen LogP contribution in [0.1, 0.15) is 28.5 Å². The molecule has 0 amide bonds. The van der Waals surface area contributed by atoms with E-state index in [0.29, 0.717) is 0 Å². The Morgan fingerprint density at radius 3 is 2.30 bits per heavy atom. The molecule has 0 fully saturated rings. The molecule has 0 unspecified atom stereocenters. The van der Waals surface area contributed by atoms with E-state index in [1.165, 1.54) is 4.88 Å². The minimum absolute atomic E-state index is 0.0809. The number of thiazole rings is 1. The average molecular weight is 156 g/mol. The van der Waals surface area contributed by atoms with Gasteiger partial charge in [-0.1, -0.05) is 0 Å². The number of hydrogen-bond donors (Lipinski definition) is 1. The van der Waals surface area contributed by atoms with E-state index in [0.717, 1.165) is 10.7 Å². The Balaban J connectivity index is 2.98. The number of nitrogens with zero attached hydrogens (tertiary/aromatic N) is 1. The first-order chi connectivity index (χ1) is 4.61. The number of nitrogens with two attached hydrogens (primary N) is 1. The topological polar surface area (TPSA) is 38.9 Å². The number of aryl methyl sites for hydroxylation is 2. The van der Waals surface area contributed by atoms with Crippen molar-refractivity contribution in [1.82, 2.24) is 4.98 Å². The van der Waals surface area contributed by atoms with Gasteiger partial charge in [0.25, 0.3) is 0 Å². The molecule has 0 saturated carbocycles. The molecule has 0 aliphatic rings. The summed E-state index contributed by atoms with van der Waals surface area (Å²) in [6, 6.07) is 0.0809. The lowest BCUT2D eigenvalue weighted by atomic mass is 10.4. The molecule has 1 atom stereocenters. The van der Waals surface area contributed by atoms with Crippen molar-refractivity contribution in [2.45, 2.75) is 26.8 Å². The van der Waals surface area contributed by atoms with Crippen LogP contribution < -0.4 is 5.73 Å². The van der Waals surface area contributed by atoms with Gasteiger partial charge in [0.1, 0.15) is 5.01 Å². The Morgan fingerprint density at radius 2 is 2.10 bits per heavy atom. The third-order valence-corrected chi connectivity index (χ3v) is 2.71. The van der Waals surface area contributed by atoms with E-state index < -0.39 is 0 Å². The van der Waals surface area contributed by atoms with Crippen LogP contribution in [-0.2, 0) is 0 Å². The van der Waals surface area contributed by atoms with Crippen LogP contribution in [0.4, 0.5) is 0 Å². The summed E-state index contributed by atoms with van der Waals surface area (Å²) >= 11 is 1.69. The van der Waals surface area contributed by atoms with Gasteiger partial charge in [-0.2, -0.15) is 0 Å². The lowest BCUT2D eigenvalue weighted by Crippen LogP contribution is -2.03. The zero-order chi connectivity index (χ0) is 7.72. The lowest BCUT2D eigenvalue weighted by Gasteiger charge is -1.95. The molecule has 0 aliphatic heterocycles. The van der Waals surface area contributed by atoms with Gasteiger partial charge >= 0.3 is 0 Å². The minimum atomic E-state index is 0.0809. The Kier molecular flexibility index (Phi) is 2.06. The van der Waals surface area contributed by atoms with E-state index in [9.17, 15) is 0 Å². The quantitative estimate of drug-likeness (QED) is 0.673. The molecule has 0 radical (unpaired) electrons. The van der Waals surface area contributed by atoms with Crippen molar-refractivity contribution in [3.63, 3.8) is 0 Å². The van der Waals surface area contributed by atoms with Crippen molar-refractivity contribution in [2.24, 2.45) is 5.73 Å². The Labute approximate surface area is 65.1 Å². The molecule has 0 aromatic carbocycles. The van der Waals surface area contributed by atoms with Crippen LogP contribution in [0, 0.1) is 13.8 Å². The van der Waals surface area contributed by atoms with Crippen LogP contribution in [0.2, 0.25) is 0 Å². The van der Waals surface area contributed by atoms with Gasteiger partial charge < -0.3 is 5.73 Å². The number of hydrogen-bond acceptors (Lipinski definition) is 3. The van der Waals surface area contributed by atoms with Crippen LogP contribution in [0.5, 0.6) is 0 Å². The van der Waals surface area contributed by atoms with Gasteiger partial charge in [-0.3, -0.25) is 0 Å². The molecule has 2 nitrogen and oxygen atoms in total. The summed E-state index contributed by atoms with van der Waals surface area (Å²) in [6.07, 6.45) is 0. The van der Waals surface area contributed by atoms with Crippen LogP contribution >= 0.6 is 11.3 Å². The molecule has 2 N–H and O–H groups in total. The maximum absolute atomic E-state index is 5.64. The summed E-state index contributed by atoms with van der Waals surface area (Å²) in [5.41, 5.74) is 6.75. The van der Waals surface area contributed by atoms with E-state index in [1.807, 2.05) is 13.8 Å². The van der Waals surface area contributed by atoms with Crippen molar-refractivity contribution in [3.8, 4) is 0 Å². The highest BCUT2D eigenvalue weighted by Gasteiger charge is 2.06. The lowest BCUT2D eigenvalue weighted by molar-refractivity contribution is 0.803. The SMILES string of the molecule is Cc1nc([C@H](C)N)sc1C. The standard InChI is InChI=1S/C7H12N2S/c1-4(8)7-9-5(2)6(3)10-7/h4H,8H2,1-3H3/t4-/m0/s1. The van der Waals surface area contributed by atoms with Gasteiger partial charge in [-0.25, -0.2) is 4.98 Å². The monoisotopic (exact) mass is 156 g/mol. The second-order valence-electron chi connectivity index (χ2n) is 2.48. The zero-order valence-electron chi connectivity index (χ0n) is 6.51. The molecule has 3 heteroatoms. The summed E-state index contributed by atoms with van der Waals surface area (Å²) in [5.74, 6) is 0. The Morgan fingerprint density at radius 1 is 1.50 bits per heavy atom. The first kappa shape index (κ1) is 7.69. The molecule has 56 valence electrons. The van der Waals surface area contributed by atoms with Crippen molar-refractivity contribution < 1.29 is 0 Å². The molecule has 0 saturated heterocycles. The Bertz CT molecular complexity index is 208. The highest BCUT2D eigenvalue weighted by atomic mass is 32.1. The molecule has 1 heterocycles. The van der Waals surface area contributed by atoms with E-state index in [1.54, 1.807) is 11.3 Å². The van der Waals surface area contributed by atoms with Crippen LogP contribution in [0.3, 0.4) is 0 Å². The van der Waals surface area contributed by atoms with Crippen LogP contribution in [0.25, 0.3) is 0 Å². The molecule has 0 bridgehead atoms. The fourth-order valence-corrected chi connectivity index (χ4v) is 1.57. The van der Waals surface area contributed by atoms with Crippen molar-refractivity contribution >= 4 is 11.3 Å². The summed E-state index contributed by atoms with van der Waals surface area (Å²) in [5, 5.41) is 1.04. The van der Waals surface area contributed by atoms with Gasteiger partial charge in [0.15, 0.2) is 0 Å². The van der Waals surface area contributed by atoms with Gasteiger partial charge in [-0.05, 0) is 20.8 Å². The normalized spacial score (nSPS) is 13.6. The summed E-state index contributed by atoms with van der Waals surface area (Å²) < 4.78 is 0. The fraction of sp³-hybridized carbons (Fsp3) is 0.571. The fourth-order valence-electron chi connectivity index (χ4n) is 0.692. The van der Waals surface area contributed by atoms with E-state index >= 15 is 0 Å². The summed E-state index contributed by atoms with van der Waals surface area (Å²) in [6.45, 7) is 6.04. The van der Waals surface area contributed by atoms with Crippen molar-refractivity contribution in [2.75, 3.05) is 0 Å². The highest BCUT2D eigenvalue weighted by molar-refractivity contribution is 7.11. The first-order valence-corrected chi connectivity index (χ1v) is 4.12. The first-order valence-electron chi connectivity index (χ1n) is 3.30. The minimum Gasteiger partial charge on any atom is -0.322 e. The number of rotatable bonds is 1. The summed E-state index contributed by atoms with van der Waals surface area (Å²) in [7, 11) is 0. The number of aromatic nitrogens is 1. The second kappa shape index (κ2) is 2.68. The van der Waals surface area contributed by atoms with Crippen LogP contribution in [0.15, 0.2) is 0 Å². The summed E-state index contributed by atoms with van der Waals surface area (Å²) in [4.78, 5) is 5.57. The third kappa shape index (κ3) is 1.36. The predicted octanol–water partition coefficient (Wildman–Crippen LogP) is 1.78. The van der Waals surface area contributed by atoms with E-state index in [2.05, 4.69) is 11.9 Å². The Hall–Kier alpha value is -0.410. The molecule has 0 aliphatic carbocycles. The van der Waals surface area contributed by atoms with Gasteiger partial charge in [-0.15, -0.1) is 11.3 Å². The molecular formula is C7H12N2S. The van der Waals surface area contributed by atoms with E-state index in [4.69, 9.17) is 5.73 Å². The maximum atomic E-state index is 5.64. The molecule has 1 aromatic heterocycles. The van der Waals surface area contributed by atoms with Crippen molar-refractivity contribution in [1.29, 1.82) is 0 Å². The molecule has 1 aromatic rings. The van der Waals surface area contributed by atoms with Crippen molar-refractivity contribution in [3.05, 3.63) is 15.6 Å². The molecule has 0 spiro atoms. The molecule has 1 rings (SSSR count). The van der Waals surface area contributed by atoms with Gasteiger partial charge in [0.2, 0.25) is 0 Å². The smallest absolute Gasteiger partial charge is 0.110 e. The molecule has 10 heavy (non-hydrogen) atoms. The third-order valence-electron chi connectivity index (χ3n) is 1.43. The average Bonchev–Trinajstić information content (AvgIpc) is 2.13. The van der Waals surface area contributed by atoms with Crippen LogP contribution in [-0.4, -0.2) is 4.98 Å². The van der Waals surface area contributed by atoms with Gasteiger partial charge in [0.05, 0.1) is 11.7 Å².